The van der Waals surface area contributed by atoms with Gasteiger partial charge >= 0.3 is 0 Å². The average molecular weight is 332 g/mol. The largest absolute Gasteiger partial charge is 0.486 e. The maximum atomic E-state index is 12.1. The van der Waals surface area contributed by atoms with Crippen molar-refractivity contribution >= 4 is 17.2 Å². The molecule has 1 aromatic heterocycles. The van der Waals surface area contributed by atoms with E-state index in [4.69, 9.17) is 9.47 Å². The van der Waals surface area contributed by atoms with E-state index in [2.05, 4.69) is 17.2 Å². The normalized spacial score (nSPS) is 16.1. The molecule has 122 valence electrons. The maximum absolute atomic E-state index is 12.1. The Kier molecular flexibility index (Phi) is 5.12. The summed E-state index contributed by atoms with van der Waals surface area (Å²) in [7, 11) is 0. The van der Waals surface area contributed by atoms with Crippen LogP contribution in [-0.2, 0) is 6.42 Å². The van der Waals surface area contributed by atoms with Gasteiger partial charge in [0, 0.05) is 18.3 Å². The lowest BCUT2D eigenvalue weighted by Crippen LogP contribution is -2.34. The number of ether oxygens (including phenoxy) is 2. The molecule has 0 saturated heterocycles. The predicted molar refractivity (Wildman–Crippen MR) is 89.4 cm³/mol. The van der Waals surface area contributed by atoms with Gasteiger partial charge in [-0.1, -0.05) is 19.1 Å². The van der Waals surface area contributed by atoms with Crippen LogP contribution in [0.1, 0.15) is 35.3 Å². The molecule has 1 atom stereocenters. The minimum absolute atomic E-state index is 0.0451. The van der Waals surface area contributed by atoms with E-state index in [1.807, 2.05) is 29.6 Å². The Morgan fingerprint density at radius 2 is 2.22 bits per heavy atom. The van der Waals surface area contributed by atoms with Crippen LogP contribution in [-0.4, -0.2) is 30.1 Å². The fourth-order valence-electron chi connectivity index (χ4n) is 2.39. The zero-order valence-electron chi connectivity index (χ0n) is 13.1. The van der Waals surface area contributed by atoms with Crippen LogP contribution in [0.15, 0.2) is 29.6 Å². The van der Waals surface area contributed by atoms with Crippen molar-refractivity contribution in [3.63, 3.8) is 0 Å². The number of aromatic nitrogens is 1. The molecule has 5 nitrogen and oxygen atoms in total. The summed E-state index contributed by atoms with van der Waals surface area (Å²) in [5, 5.41) is 5.72. The van der Waals surface area contributed by atoms with Crippen LogP contribution in [0.4, 0.5) is 0 Å². The Labute approximate surface area is 139 Å². The first-order valence-corrected chi connectivity index (χ1v) is 8.75. The fourth-order valence-corrected chi connectivity index (χ4v) is 3.27. The number of amides is 1. The topological polar surface area (TPSA) is 60.5 Å². The highest BCUT2D eigenvalue weighted by Gasteiger charge is 2.20. The van der Waals surface area contributed by atoms with E-state index in [1.165, 1.54) is 11.3 Å². The summed E-state index contributed by atoms with van der Waals surface area (Å²) in [5.41, 5.74) is 0.504. The second kappa shape index (κ2) is 7.46. The molecule has 0 saturated carbocycles. The summed E-state index contributed by atoms with van der Waals surface area (Å²) in [4.78, 5) is 16.4. The smallest absolute Gasteiger partial charge is 0.270 e. The zero-order chi connectivity index (χ0) is 16.1. The third kappa shape index (κ3) is 4.01. The number of hydrogen-bond acceptors (Lipinski definition) is 5. The summed E-state index contributed by atoms with van der Waals surface area (Å²) in [6.45, 7) is 3.14. The zero-order valence-corrected chi connectivity index (χ0v) is 13.9. The maximum Gasteiger partial charge on any atom is 0.270 e. The van der Waals surface area contributed by atoms with E-state index >= 15 is 0 Å². The summed E-state index contributed by atoms with van der Waals surface area (Å²) in [6, 6.07) is 7.62. The highest BCUT2D eigenvalue weighted by atomic mass is 32.1. The quantitative estimate of drug-likeness (QED) is 0.883. The minimum atomic E-state index is -0.124. The molecule has 0 spiro atoms. The third-order valence-corrected chi connectivity index (χ3v) is 4.48. The molecule has 1 aliphatic heterocycles. The number of rotatable bonds is 6. The van der Waals surface area contributed by atoms with Gasteiger partial charge in [0.15, 0.2) is 11.5 Å². The number of carbonyl (C=O) groups excluding carboxylic acids is 1. The molecule has 1 aromatic carbocycles. The number of aryl methyl sites for hydroxylation is 1. The molecule has 6 heteroatoms. The van der Waals surface area contributed by atoms with Crippen LogP contribution in [0, 0.1) is 0 Å². The second-order valence-corrected chi connectivity index (χ2v) is 6.36. The van der Waals surface area contributed by atoms with Crippen LogP contribution < -0.4 is 14.8 Å². The van der Waals surface area contributed by atoms with Crippen LogP contribution in [0.25, 0.3) is 0 Å². The van der Waals surface area contributed by atoms with E-state index in [0.29, 0.717) is 25.3 Å². The highest BCUT2D eigenvalue weighted by Crippen LogP contribution is 2.31. The van der Waals surface area contributed by atoms with Gasteiger partial charge in [-0.3, -0.25) is 4.79 Å². The van der Waals surface area contributed by atoms with Crippen molar-refractivity contribution in [2.24, 2.45) is 0 Å². The van der Waals surface area contributed by atoms with Crippen molar-refractivity contribution in [3.05, 3.63) is 40.3 Å². The third-order valence-electron chi connectivity index (χ3n) is 3.57. The Balaban J connectivity index is 1.45. The molecular formula is C17H20N2O3S. The first kappa shape index (κ1) is 15.8. The molecule has 0 aliphatic carbocycles. The Morgan fingerprint density at radius 1 is 1.39 bits per heavy atom. The van der Waals surface area contributed by atoms with E-state index in [1.54, 1.807) is 0 Å². The summed E-state index contributed by atoms with van der Waals surface area (Å²) in [5.74, 6) is 1.42. The Morgan fingerprint density at radius 3 is 3.04 bits per heavy atom. The average Bonchev–Trinajstić information content (AvgIpc) is 3.04. The monoisotopic (exact) mass is 332 g/mol. The molecule has 1 N–H and O–H groups in total. The van der Waals surface area contributed by atoms with Gasteiger partial charge in [-0.05, 0) is 25.0 Å². The molecule has 3 rings (SSSR count). The predicted octanol–water partition coefficient (Wildman–Crippen LogP) is 3.06. The molecule has 23 heavy (non-hydrogen) atoms. The number of thiazole rings is 1. The van der Waals surface area contributed by atoms with Gasteiger partial charge < -0.3 is 14.8 Å². The van der Waals surface area contributed by atoms with E-state index < -0.39 is 0 Å². The summed E-state index contributed by atoms with van der Waals surface area (Å²) in [6.07, 6.45) is 2.61. The Bertz CT molecular complexity index is 671. The van der Waals surface area contributed by atoms with Crippen molar-refractivity contribution < 1.29 is 14.3 Å². The van der Waals surface area contributed by atoms with Crippen molar-refractivity contribution in [3.8, 4) is 11.5 Å². The van der Waals surface area contributed by atoms with E-state index in [0.717, 1.165) is 29.3 Å². The molecule has 0 unspecified atom stereocenters. The number of carbonyl (C=O) groups is 1. The number of nitrogens with one attached hydrogen (secondary N) is 1. The first-order valence-electron chi connectivity index (χ1n) is 7.87. The van der Waals surface area contributed by atoms with E-state index in [-0.39, 0.29) is 12.0 Å². The van der Waals surface area contributed by atoms with Gasteiger partial charge in [0.25, 0.3) is 5.91 Å². The van der Waals surface area contributed by atoms with Crippen LogP contribution >= 0.6 is 11.3 Å². The van der Waals surface area contributed by atoms with Gasteiger partial charge in [-0.25, -0.2) is 4.98 Å². The van der Waals surface area contributed by atoms with Crippen LogP contribution in [0.5, 0.6) is 11.5 Å². The lowest BCUT2D eigenvalue weighted by atomic mass is 10.2. The molecule has 2 heterocycles. The standard InChI is InChI=1S/C17H20N2O3S/c1-2-5-16-19-13(11-23-16)17(20)18-9-8-12-10-21-14-6-3-4-7-15(14)22-12/h3-4,6-7,11-12H,2,5,8-10H2,1H3,(H,18,20)/t12-/m1/s1. The molecule has 0 fully saturated rings. The number of hydrogen-bond donors (Lipinski definition) is 1. The second-order valence-electron chi connectivity index (χ2n) is 5.42. The lowest BCUT2D eigenvalue weighted by Gasteiger charge is -2.26. The van der Waals surface area contributed by atoms with Gasteiger partial charge in [0.1, 0.15) is 18.4 Å². The lowest BCUT2D eigenvalue weighted by molar-refractivity contribution is 0.0811. The van der Waals surface area contributed by atoms with Crippen LogP contribution in [0.2, 0.25) is 0 Å². The van der Waals surface area contributed by atoms with Crippen molar-refractivity contribution in [1.82, 2.24) is 10.3 Å². The van der Waals surface area contributed by atoms with Gasteiger partial charge in [0.2, 0.25) is 0 Å². The van der Waals surface area contributed by atoms with Crippen molar-refractivity contribution in [1.29, 1.82) is 0 Å². The SMILES string of the molecule is CCCc1nc(C(=O)NCC[C@@H]2COc3ccccc3O2)cs1. The molecule has 0 bridgehead atoms. The number of benzene rings is 1. The minimum Gasteiger partial charge on any atom is -0.486 e. The number of fused-ring (bicyclic) bond motifs is 1. The first-order chi connectivity index (χ1) is 11.3. The molecule has 0 radical (unpaired) electrons. The van der Waals surface area contributed by atoms with Crippen LogP contribution in [0.3, 0.4) is 0 Å². The summed E-state index contributed by atoms with van der Waals surface area (Å²) >= 11 is 1.54. The number of para-hydroxylation sites is 2. The molecule has 1 aliphatic rings. The fraction of sp³-hybridized carbons (Fsp3) is 0.412. The van der Waals surface area contributed by atoms with Gasteiger partial charge in [0.05, 0.1) is 5.01 Å². The number of nitrogens with zero attached hydrogens (tertiary/aromatic N) is 1. The highest BCUT2D eigenvalue weighted by molar-refractivity contribution is 7.09. The Hall–Kier alpha value is -2.08. The summed E-state index contributed by atoms with van der Waals surface area (Å²) < 4.78 is 11.5. The van der Waals surface area contributed by atoms with Gasteiger partial charge in [-0.2, -0.15) is 0 Å². The molecular weight excluding hydrogens is 312 g/mol. The van der Waals surface area contributed by atoms with Gasteiger partial charge in [-0.15, -0.1) is 11.3 Å². The van der Waals surface area contributed by atoms with E-state index in [9.17, 15) is 4.79 Å². The molecule has 2 aromatic rings. The van der Waals surface area contributed by atoms with Crippen molar-refractivity contribution in [2.45, 2.75) is 32.3 Å². The van der Waals surface area contributed by atoms with Crippen molar-refractivity contribution in [2.75, 3.05) is 13.2 Å². The molecule has 1 amide bonds.